The first-order chi connectivity index (χ1) is 8.15. The fourth-order valence-electron chi connectivity index (χ4n) is 2.75. The van der Waals surface area contributed by atoms with Crippen LogP contribution in [-0.2, 0) is 4.79 Å². The highest BCUT2D eigenvalue weighted by Crippen LogP contribution is 2.54. The van der Waals surface area contributed by atoms with E-state index in [0.29, 0.717) is 12.5 Å². The van der Waals surface area contributed by atoms with Gasteiger partial charge >= 0.3 is 0 Å². The molecule has 0 bridgehead atoms. The Labute approximate surface area is 104 Å². The highest BCUT2D eigenvalue weighted by Gasteiger charge is 2.51. The molecule has 2 aliphatic carbocycles. The molecule has 17 heavy (non-hydrogen) atoms. The van der Waals surface area contributed by atoms with E-state index in [4.69, 9.17) is 0 Å². The maximum atomic E-state index is 11.9. The Morgan fingerprint density at radius 1 is 1.35 bits per heavy atom. The molecule has 2 saturated carbocycles. The van der Waals surface area contributed by atoms with E-state index in [1.807, 2.05) is 0 Å². The molecule has 2 unspecified atom stereocenters. The third-order valence-corrected chi connectivity index (χ3v) is 4.88. The fourth-order valence-corrected chi connectivity index (χ4v) is 2.75. The van der Waals surface area contributed by atoms with Gasteiger partial charge < -0.3 is 10.4 Å². The van der Waals surface area contributed by atoms with Crippen LogP contribution < -0.4 is 5.32 Å². The van der Waals surface area contributed by atoms with Crippen molar-refractivity contribution in [2.45, 2.75) is 46.0 Å². The van der Waals surface area contributed by atoms with Crippen LogP contribution in [0.15, 0.2) is 0 Å². The molecule has 0 aromatic rings. The molecule has 98 valence electrons. The summed E-state index contributed by atoms with van der Waals surface area (Å²) < 4.78 is 0. The largest absolute Gasteiger partial charge is 0.396 e. The van der Waals surface area contributed by atoms with Crippen molar-refractivity contribution in [1.82, 2.24) is 5.32 Å². The van der Waals surface area contributed by atoms with Crippen molar-refractivity contribution in [3.63, 3.8) is 0 Å². The lowest BCUT2D eigenvalue weighted by Crippen LogP contribution is -2.40. The molecule has 2 fully saturated rings. The Kier molecular flexibility index (Phi) is 3.76. The van der Waals surface area contributed by atoms with Crippen LogP contribution in [0.5, 0.6) is 0 Å². The van der Waals surface area contributed by atoms with Crippen molar-refractivity contribution >= 4 is 5.91 Å². The van der Waals surface area contributed by atoms with Gasteiger partial charge in [-0.2, -0.15) is 0 Å². The lowest BCUT2D eigenvalue weighted by atomic mass is 9.83. The monoisotopic (exact) mass is 239 g/mol. The van der Waals surface area contributed by atoms with Gasteiger partial charge in [-0.05, 0) is 43.9 Å². The Bertz CT molecular complexity index is 274. The van der Waals surface area contributed by atoms with Crippen LogP contribution in [0.4, 0.5) is 0 Å². The number of hydrogen-bond donors (Lipinski definition) is 2. The lowest BCUT2D eigenvalue weighted by Gasteiger charge is -2.29. The summed E-state index contributed by atoms with van der Waals surface area (Å²) in [5.41, 5.74) is -0.111. The molecule has 3 heteroatoms. The molecule has 0 aromatic heterocycles. The molecule has 3 nitrogen and oxygen atoms in total. The molecule has 2 atom stereocenters. The van der Waals surface area contributed by atoms with E-state index < -0.39 is 0 Å². The Morgan fingerprint density at radius 2 is 2.00 bits per heavy atom. The van der Waals surface area contributed by atoms with E-state index in [2.05, 4.69) is 19.2 Å². The molecule has 0 heterocycles. The maximum Gasteiger partial charge on any atom is 0.223 e. The predicted octanol–water partition coefficient (Wildman–Crippen LogP) is 1.95. The smallest absolute Gasteiger partial charge is 0.223 e. The summed E-state index contributed by atoms with van der Waals surface area (Å²) in [5, 5.41) is 12.5. The third kappa shape index (κ3) is 2.82. The normalized spacial score (nSPS) is 27.9. The molecule has 1 amide bonds. The first-order valence-electron chi connectivity index (χ1n) is 7.04. The topological polar surface area (TPSA) is 49.3 Å². The van der Waals surface area contributed by atoms with Gasteiger partial charge in [0.15, 0.2) is 0 Å². The van der Waals surface area contributed by atoms with Crippen LogP contribution in [-0.4, -0.2) is 24.2 Å². The van der Waals surface area contributed by atoms with Gasteiger partial charge in [-0.3, -0.25) is 4.79 Å². The van der Waals surface area contributed by atoms with Gasteiger partial charge in [-0.1, -0.05) is 13.8 Å². The minimum Gasteiger partial charge on any atom is -0.396 e. The zero-order chi connectivity index (χ0) is 12.5. The number of carbonyl (C=O) groups is 1. The van der Waals surface area contributed by atoms with Crippen LogP contribution >= 0.6 is 0 Å². The van der Waals surface area contributed by atoms with Gasteiger partial charge in [-0.25, -0.2) is 0 Å². The quantitative estimate of drug-likeness (QED) is 0.713. The van der Waals surface area contributed by atoms with E-state index in [-0.39, 0.29) is 23.8 Å². The molecule has 2 rings (SSSR count). The second kappa shape index (κ2) is 4.97. The Morgan fingerprint density at radius 3 is 2.47 bits per heavy atom. The number of aliphatic hydroxyl groups is 1. The maximum absolute atomic E-state index is 11.9. The summed E-state index contributed by atoms with van der Waals surface area (Å²) in [4.78, 5) is 11.9. The molecule has 2 aliphatic rings. The van der Waals surface area contributed by atoms with Crippen molar-refractivity contribution < 1.29 is 9.90 Å². The van der Waals surface area contributed by atoms with Crippen molar-refractivity contribution in [2.24, 2.45) is 23.2 Å². The number of nitrogens with one attached hydrogen (secondary N) is 1. The molecule has 0 saturated heterocycles. The summed E-state index contributed by atoms with van der Waals surface area (Å²) in [7, 11) is 0. The van der Waals surface area contributed by atoms with Gasteiger partial charge in [0.1, 0.15) is 0 Å². The summed E-state index contributed by atoms with van der Waals surface area (Å²) in [6.07, 6.45) is 5.59. The average Bonchev–Trinajstić information content (AvgIpc) is 3.19. The first kappa shape index (κ1) is 12.9. The number of hydrogen-bond acceptors (Lipinski definition) is 2. The second-order valence-corrected chi connectivity index (χ2v) is 5.93. The van der Waals surface area contributed by atoms with E-state index in [9.17, 15) is 9.90 Å². The SMILES string of the molecule is CCC(CC)(CO)CNC(=O)C1CC1C1CC1. The van der Waals surface area contributed by atoms with E-state index in [1.54, 1.807) is 0 Å². The lowest BCUT2D eigenvalue weighted by molar-refractivity contribution is -0.123. The van der Waals surface area contributed by atoms with Crippen LogP contribution in [0.3, 0.4) is 0 Å². The molecule has 0 aliphatic heterocycles. The minimum absolute atomic E-state index is 0.111. The molecule has 0 radical (unpaired) electrons. The highest BCUT2D eigenvalue weighted by atomic mass is 16.3. The molecule has 2 N–H and O–H groups in total. The van der Waals surface area contributed by atoms with Crippen molar-refractivity contribution in [2.75, 3.05) is 13.2 Å². The van der Waals surface area contributed by atoms with Crippen LogP contribution in [0, 0.1) is 23.2 Å². The molecular formula is C14H25NO2. The van der Waals surface area contributed by atoms with Gasteiger partial charge in [0.05, 0.1) is 6.61 Å². The predicted molar refractivity (Wildman–Crippen MR) is 67.4 cm³/mol. The van der Waals surface area contributed by atoms with Gasteiger partial charge in [0, 0.05) is 17.9 Å². The summed E-state index contributed by atoms with van der Waals surface area (Å²) in [5.74, 6) is 2.04. The molecular weight excluding hydrogens is 214 g/mol. The third-order valence-electron chi connectivity index (χ3n) is 4.88. The van der Waals surface area contributed by atoms with Crippen molar-refractivity contribution in [1.29, 1.82) is 0 Å². The summed E-state index contributed by atoms with van der Waals surface area (Å²) >= 11 is 0. The summed E-state index contributed by atoms with van der Waals surface area (Å²) in [6.45, 7) is 4.95. The molecule has 0 aromatic carbocycles. The number of carbonyl (C=O) groups excluding carboxylic acids is 1. The van der Waals surface area contributed by atoms with E-state index in [1.165, 1.54) is 12.8 Å². The van der Waals surface area contributed by atoms with Crippen LogP contribution in [0.2, 0.25) is 0 Å². The standard InChI is InChI=1S/C14H25NO2/c1-3-14(4-2,9-16)8-15-13(17)12-7-11(12)10-5-6-10/h10-12,16H,3-9H2,1-2H3,(H,15,17). The zero-order valence-corrected chi connectivity index (χ0v) is 11.0. The Hall–Kier alpha value is -0.570. The molecule has 0 spiro atoms. The van der Waals surface area contributed by atoms with Crippen LogP contribution in [0.1, 0.15) is 46.0 Å². The van der Waals surface area contributed by atoms with E-state index >= 15 is 0 Å². The van der Waals surface area contributed by atoms with E-state index in [0.717, 1.165) is 25.2 Å². The summed E-state index contributed by atoms with van der Waals surface area (Å²) in [6, 6.07) is 0. The minimum atomic E-state index is -0.111. The average molecular weight is 239 g/mol. The fraction of sp³-hybridized carbons (Fsp3) is 0.929. The highest BCUT2D eigenvalue weighted by molar-refractivity contribution is 5.81. The van der Waals surface area contributed by atoms with Gasteiger partial charge in [0.2, 0.25) is 5.91 Å². The first-order valence-corrected chi connectivity index (χ1v) is 7.04. The zero-order valence-electron chi connectivity index (χ0n) is 11.0. The van der Waals surface area contributed by atoms with Gasteiger partial charge in [-0.15, -0.1) is 0 Å². The Balaban J connectivity index is 1.75. The van der Waals surface area contributed by atoms with Crippen LogP contribution in [0.25, 0.3) is 0 Å². The van der Waals surface area contributed by atoms with Crippen molar-refractivity contribution in [3.05, 3.63) is 0 Å². The van der Waals surface area contributed by atoms with Gasteiger partial charge in [0.25, 0.3) is 0 Å². The van der Waals surface area contributed by atoms with Crippen molar-refractivity contribution in [3.8, 4) is 0 Å². The number of rotatable bonds is 7. The number of aliphatic hydroxyl groups excluding tert-OH is 1. The second-order valence-electron chi connectivity index (χ2n) is 5.93. The number of amides is 1.